The third-order valence-electron chi connectivity index (χ3n) is 4.12. The van der Waals surface area contributed by atoms with Crippen LogP contribution in [0.5, 0.6) is 0 Å². The zero-order chi connectivity index (χ0) is 17.7. The molecule has 0 N–H and O–H groups in total. The van der Waals surface area contributed by atoms with Crippen molar-refractivity contribution in [1.29, 1.82) is 0 Å². The van der Waals surface area contributed by atoms with Gasteiger partial charge in [-0.3, -0.25) is 4.79 Å². The van der Waals surface area contributed by atoms with Crippen LogP contribution in [0.4, 0.5) is 0 Å². The van der Waals surface area contributed by atoms with Gasteiger partial charge in [0.1, 0.15) is 0 Å². The highest BCUT2D eigenvalue weighted by Gasteiger charge is 2.01. The molecule has 0 spiro atoms. The number of unbranched alkanes of at least 4 members (excludes halogenated alkanes) is 10. The molecule has 0 atom stereocenters. The second-order valence-electron chi connectivity index (χ2n) is 6.59. The van der Waals surface area contributed by atoms with Gasteiger partial charge in [-0.05, 0) is 38.5 Å². The van der Waals surface area contributed by atoms with Crippen LogP contribution in [0.3, 0.4) is 0 Å². The maximum Gasteiger partial charge on any atom is 0.305 e. The van der Waals surface area contributed by atoms with E-state index in [0.717, 1.165) is 25.7 Å². The SMILES string of the molecule is CCCCCC/C=C/C=C\CCCCCCCC(=O)OCCCC. The summed E-state index contributed by atoms with van der Waals surface area (Å²) >= 11 is 0. The molecule has 140 valence electrons. The molecule has 0 amide bonds. The van der Waals surface area contributed by atoms with Gasteiger partial charge in [-0.2, -0.15) is 0 Å². The molecule has 0 aromatic rings. The Labute approximate surface area is 150 Å². The molecule has 0 heterocycles. The predicted octanol–water partition coefficient (Wildman–Crippen LogP) is 7.14. The van der Waals surface area contributed by atoms with E-state index in [1.54, 1.807) is 0 Å². The number of carbonyl (C=O) groups is 1. The molecule has 0 aliphatic carbocycles. The summed E-state index contributed by atoms with van der Waals surface area (Å²) in [6.45, 7) is 4.95. The van der Waals surface area contributed by atoms with Crippen molar-refractivity contribution in [2.45, 2.75) is 104 Å². The van der Waals surface area contributed by atoms with Crippen LogP contribution in [0.1, 0.15) is 104 Å². The normalized spacial score (nSPS) is 11.6. The fraction of sp³-hybridized carbons (Fsp3) is 0.773. The zero-order valence-corrected chi connectivity index (χ0v) is 16.2. The molecule has 0 saturated carbocycles. The van der Waals surface area contributed by atoms with Crippen LogP contribution in [0.2, 0.25) is 0 Å². The van der Waals surface area contributed by atoms with E-state index in [-0.39, 0.29) is 5.97 Å². The lowest BCUT2D eigenvalue weighted by molar-refractivity contribution is -0.143. The van der Waals surface area contributed by atoms with Crippen molar-refractivity contribution in [2.75, 3.05) is 6.61 Å². The van der Waals surface area contributed by atoms with E-state index in [9.17, 15) is 4.79 Å². The van der Waals surface area contributed by atoms with Gasteiger partial charge >= 0.3 is 5.97 Å². The summed E-state index contributed by atoms with van der Waals surface area (Å²) in [6, 6.07) is 0. The summed E-state index contributed by atoms with van der Waals surface area (Å²) in [7, 11) is 0. The summed E-state index contributed by atoms with van der Waals surface area (Å²) in [6.07, 6.45) is 25.2. The van der Waals surface area contributed by atoms with Gasteiger partial charge in [0.25, 0.3) is 0 Å². The van der Waals surface area contributed by atoms with Crippen LogP contribution in [0, 0.1) is 0 Å². The number of ether oxygens (including phenoxy) is 1. The second kappa shape index (κ2) is 20.0. The first kappa shape index (κ1) is 22.9. The lowest BCUT2D eigenvalue weighted by atomic mass is 10.1. The van der Waals surface area contributed by atoms with Crippen LogP contribution in [0.25, 0.3) is 0 Å². The fourth-order valence-corrected chi connectivity index (χ4v) is 2.50. The average Bonchev–Trinajstić information content (AvgIpc) is 2.58. The molecular weight excluding hydrogens is 296 g/mol. The molecule has 0 aromatic heterocycles. The minimum Gasteiger partial charge on any atom is -0.466 e. The van der Waals surface area contributed by atoms with Crippen LogP contribution in [-0.2, 0) is 9.53 Å². The standard InChI is InChI=1S/C22H40O2/c1-3-5-7-8-9-10-11-12-13-14-15-16-17-18-19-20-22(23)24-21-6-4-2/h10-13H,3-9,14-21H2,1-2H3/b11-10+,13-12-. The third kappa shape index (κ3) is 19.0. The summed E-state index contributed by atoms with van der Waals surface area (Å²) in [5, 5.41) is 0. The number of carbonyl (C=O) groups excluding carboxylic acids is 1. The molecule has 0 bridgehead atoms. The summed E-state index contributed by atoms with van der Waals surface area (Å²) in [5.74, 6) is -0.0205. The van der Waals surface area contributed by atoms with Crippen molar-refractivity contribution in [3.05, 3.63) is 24.3 Å². The Kier molecular flexibility index (Phi) is 19.1. The highest BCUT2D eigenvalue weighted by molar-refractivity contribution is 5.69. The van der Waals surface area contributed by atoms with Gasteiger partial charge in [-0.15, -0.1) is 0 Å². The Bertz CT molecular complexity index is 318. The number of allylic oxidation sites excluding steroid dienone is 4. The largest absolute Gasteiger partial charge is 0.466 e. The lowest BCUT2D eigenvalue weighted by Gasteiger charge is -2.03. The molecule has 0 aliphatic heterocycles. The molecular formula is C22H40O2. The highest BCUT2D eigenvalue weighted by atomic mass is 16.5. The molecule has 0 aliphatic rings. The minimum absolute atomic E-state index is 0.0205. The monoisotopic (exact) mass is 336 g/mol. The summed E-state index contributed by atoms with van der Waals surface area (Å²) in [4.78, 5) is 11.4. The minimum atomic E-state index is -0.0205. The number of esters is 1. The Hall–Kier alpha value is -1.05. The molecule has 0 fully saturated rings. The van der Waals surface area contributed by atoms with Crippen molar-refractivity contribution in [1.82, 2.24) is 0 Å². The maximum absolute atomic E-state index is 11.4. The first-order valence-corrected chi connectivity index (χ1v) is 10.3. The van der Waals surface area contributed by atoms with Crippen LogP contribution in [0.15, 0.2) is 24.3 Å². The third-order valence-corrected chi connectivity index (χ3v) is 4.12. The molecule has 2 heteroatoms. The van der Waals surface area contributed by atoms with Crippen molar-refractivity contribution in [3.63, 3.8) is 0 Å². The van der Waals surface area contributed by atoms with Gasteiger partial charge < -0.3 is 4.74 Å². The van der Waals surface area contributed by atoms with E-state index in [4.69, 9.17) is 4.74 Å². The average molecular weight is 337 g/mol. The Balaban J connectivity index is 3.25. The van der Waals surface area contributed by atoms with Crippen molar-refractivity contribution in [3.8, 4) is 0 Å². The number of hydrogen-bond acceptors (Lipinski definition) is 2. The molecule has 0 radical (unpaired) electrons. The van der Waals surface area contributed by atoms with Gasteiger partial charge in [0, 0.05) is 6.42 Å². The van der Waals surface area contributed by atoms with Crippen LogP contribution in [-0.4, -0.2) is 12.6 Å². The molecule has 0 aromatic carbocycles. The van der Waals surface area contributed by atoms with Gasteiger partial charge in [-0.25, -0.2) is 0 Å². The van der Waals surface area contributed by atoms with Crippen LogP contribution >= 0.6 is 0 Å². The van der Waals surface area contributed by atoms with Gasteiger partial charge in [0.2, 0.25) is 0 Å². The first-order valence-electron chi connectivity index (χ1n) is 10.3. The fourth-order valence-electron chi connectivity index (χ4n) is 2.50. The maximum atomic E-state index is 11.4. The van der Waals surface area contributed by atoms with E-state index in [1.807, 2.05) is 0 Å². The summed E-state index contributed by atoms with van der Waals surface area (Å²) < 4.78 is 5.15. The van der Waals surface area contributed by atoms with Gasteiger partial charge in [0.15, 0.2) is 0 Å². The van der Waals surface area contributed by atoms with E-state index in [1.165, 1.54) is 57.8 Å². The van der Waals surface area contributed by atoms with Crippen molar-refractivity contribution < 1.29 is 9.53 Å². The van der Waals surface area contributed by atoms with Crippen molar-refractivity contribution in [2.24, 2.45) is 0 Å². The van der Waals surface area contributed by atoms with E-state index < -0.39 is 0 Å². The first-order chi connectivity index (χ1) is 11.8. The molecule has 24 heavy (non-hydrogen) atoms. The predicted molar refractivity (Wildman–Crippen MR) is 105 cm³/mol. The smallest absolute Gasteiger partial charge is 0.305 e. The highest BCUT2D eigenvalue weighted by Crippen LogP contribution is 2.08. The second-order valence-corrected chi connectivity index (χ2v) is 6.59. The van der Waals surface area contributed by atoms with E-state index in [0.29, 0.717) is 13.0 Å². The number of rotatable bonds is 17. The summed E-state index contributed by atoms with van der Waals surface area (Å²) in [5.41, 5.74) is 0. The number of hydrogen-bond donors (Lipinski definition) is 0. The quantitative estimate of drug-likeness (QED) is 0.160. The van der Waals surface area contributed by atoms with Gasteiger partial charge in [0.05, 0.1) is 6.61 Å². The van der Waals surface area contributed by atoms with Gasteiger partial charge in [-0.1, -0.05) is 83.1 Å². The Morgan fingerprint density at radius 3 is 1.88 bits per heavy atom. The van der Waals surface area contributed by atoms with E-state index in [2.05, 4.69) is 38.2 Å². The van der Waals surface area contributed by atoms with Crippen molar-refractivity contribution >= 4 is 5.97 Å². The lowest BCUT2D eigenvalue weighted by Crippen LogP contribution is -2.05. The topological polar surface area (TPSA) is 26.3 Å². The van der Waals surface area contributed by atoms with Crippen LogP contribution < -0.4 is 0 Å². The Morgan fingerprint density at radius 2 is 1.25 bits per heavy atom. The molecule has 2 nitrogen and oxygen atoms in total. The molecule has 0 unspecified atom stereocenters. The van der Waals surface area contributed by atoms with E-state index >= 15 is 0 Å². The zero-order valence-electron chi connectivity index (χ0n) is 16.2. The Morgan fingerprint density at radius 1 is 0.708 bits per heavy atom. The molecule has 0 saturated heterocycles. The molecule has 0 rings (SSSR count).